The summed E-state index contributed by atoms with van der Waals surface area (Å²) in [4.78, 5) is 20.5. The maximum Gasteiger partial charge on any atom is 0.236 e. The fraction of sp³-hybridized carbons (Fsp3) is 0.710. The molecular formula is C31H49N3O3. The molecule has 2 aliphatic carbocycles. The van der Waals surface area contributed by atoms with Crippen LogP contribution >= 0.6 is 0 Å². The van der Waals surface area contributed by atoms with Crippen molar-refractivity contribution in [3.05, 3.63) is 47.3 Å². The lowest BCUT2D eigenvalue weighted by atomic mass is 9.87. The molecule has 2 aliphatic heterocycles. The first kappa shape index (κ1) is 28.1. The molecule has 0 N–H and O–H groups in total. The summed E-state index contributed by atoms with van der Waals surface area (Å²) in [5, 5.41) is 0. The van der Waals surface area contributed by atoms with Gasteiger partial charge < -0.3 is 19.3 Å². The predicted molar refractivity (Wildman–Crippen MR) is 150 cm³/mol. The minimum absolute atomic E-state index is 0.0791. The Bertz CT molecular complexity index is 890. The van der Waals surface area contributed by atoms with Crippen LogP contribution in [0.4, 0.5) is 0 Å². The molecule has 0 saturated carbocycles. The summed E-state index contributed by atoms with van der Waals surface area (Å²) < 4.78 is 11.4. The molecule has 4 aliphatic rings. The number of rotatable bonds is 14. The first-order valence-corrected chi connectivity index (χ1v) is 14.7. The Morgan fingerprint density at radius 2 is 1.95 bits per heavy atom. The second-order valence-corrected chi connectivity index (χ2v) is 11.5. The van der Waals surface area contributed by atoms with Gasteiger partial charge in [-0.15, -0.1) is 0 Å². The van der Waals surface area contributed by atoms with Crippen molar-refractivity contribution >= 4 is 5.91 Å². The zero-order chi connectivity index (χ0) is 26.2. The molecule has 4 atom stereocenters. The Morgan fingerprint density at radius 1 is 1.11 bits per heavy atom. The van der Waals surface area contributed by atoms with Gasteiger partial charge in [-0.2, -0.15) is 0 Å². The number of ether oxygens (including phenoxy) is 2. The van der Waals surface area contributed by atoms with Gasteiger partial charge in [0.1, 0.15) is 11.9 Å². The molecule has 1 amide bonds. The van der Waals surface area contributed by atoms with Crippen LogP contribution in [-0.2, 0) is 14.3 Å². The van der Waals surface area contributed by atoms with Crippen molar-refractivity contribution in [2.24, 2.45) is 11.8 Å². The minimum atomic E-state index is 0.0791. The van der Waals surface area contributed by atoms with Crippen molar-refractivity contribution in [2.75, 3.05) is 53.6 Å². The topological polar surface area (TPSA) is 45.2 Å². The van der Waals surface area contributed by atoms with E-state index in [-0.39, 0.29) is 6.10 Å². The molecule has 6 nitrogen and oxygen atoms in total. The number of allylic oxidation sites excluding steroid dienone is 6. The highest BCUT2D eigenvalue weighted by Crippen LogP contribution is 2.38. The van der Waals surface area contributed by atoms with Crippen LogP contribution in [0.1, 0.15) is 65.2 Å². The SMILES string of the molecule is CCCCN(CCCN(C)C)C(=O)CN1C[C@H](C2=CC=C3OCOC3C2)C[C@@H]1CCC1=CC=CC1CC. The molecule has 0 aromatic carbocycles. The van der Waals surface area contributed by atoms with Gasteiger partial charge >= 0.3 is 0 Å². The van der Waals surface area contributed by atoms with Gasteiger partial charge in [-0.05, 0) is 77.1 Å². The quantitative estimate of drug-likeness (QED) is 0.323. The Hall–Kier alpha value is -1.89. The summed E-state index contributed by atoms with van der Waals surface area (Å²) in [6, 6.07) is 0.440. The average Bonchev–Trinajstić information content (AvgIpc) is 3.63. The highest BCUT2D eigenvalue weighted by molar-refractivity contribution is 5.78. The fourth-order valence-electron chi connectivity index (χ4n) is 6.32. The number of nitrogens with zero attached hydrogens (tertiary/aromatic N) is 3. The molecule has 37 heavy (non-hydrogen) atoms. The molecule has 0 bridgehead atoms. The minimum Gasteiger partial charge on any atom is -0.469 e. The molecule has 2 fully saturated rings. The Balaban J connectivity index is 1.42. The van der Waals surface area contributed by atoms with Crippen molar-refractivity contribution in [1.29, 1.82) is 0 Å². The lowest BCUT2D eigenvalue weighted by Gasteiger charge is -2.29. The maximum absolute atomic E-state index is 13.6. The van der Waals surface area contributed by atoms with Crippen molar-refractivity contribution in [2.45, 2.75) is 77.4 Å². The highest BCUT2D eigenvalue weighted by atomic mass is 16.7. The monoisotopic (exact) mass is 511 g/mol. The summed E-state index contributed by atoms with van der Waals surface area (Å²) in [5.74, 6) is 2.35. The van der Waals surface area contributed by atoms with E-state index in [1.54, 1.807) is 5.57 Å². The van der Waals surface area contributed by atoms with E-state index in [4.69, 9.17) is 9.47 Å². The zero-order valence-corrected chi connectivity index (χ0v) is 23.7. The molecule has 6 heteroatoms. The van der Waals surface area contributed by atoms with Crippen molar-refractivity contribution < 1.29 is 14.3 Å². The van der Waals surface area contributed by atoms with Gasteiger partial charge in [0.15, 0.2) is 6.79 Å². The van der Waals surface area contributed by atoms with Crippen molar-refractivity contribution in [3.63, 3.8) is 0 Å². The van der Waals surface area contributed by atoms with Gasteiger partial charge in [0.05, 0.1) is 6.54 Å². The number of likely N-dealkylation sites (tertiary alicyclic amines) is 1. The maximum atomic E-state index is 13.6. The van der Waals surface area contributed by atoms with Gasteiger partial charge in [0, 0.05) is 32.1 Å². The third kappa shape index (κ3) is 7.58. The number of hydrogen-bond donors (Lipinski definition) is 0. The normalized spacial score (nSPS) is 27.2. The first-order valence-electron chi connectivity index (χ1n) is 14.7. The van der Waals surface area contributed by atoms with E-state index in [0.717, 1.165) is 76.9 Å². The van der Waals surface area contributed by atoms with Gasteiger partial charge in [0.2, 0.25) is 5.91 Å². The predicted octanol–water partition coefficient (Wildman–Crippen LogP) is 5.15. The summed E-state index contributed by atoms with van der Waals surface area (Å²) in [6.45, 7) is 9.10. The standard InChI is InChI=1S/C31H49N3O3/c1-5-7-17-33(18-9-16-32(3)4)31(35)22-34-21-27(26-13-15-29-30(20-26)37-23-36-29)19-28(34)14-12-25-11-8-10-24(25)6-2/h8,10-11,13,15,24,27-28,30H,5-7,9,12,14,16-23H2,1-4H3/t24?,27-,28+,30?/m1/s1. The lowest BCUT2D eigenvalue weighted by molar-refractivity contribution is -0.132. The number of fused-ring (bicyclic) bond motifs is 1. The molecule has 0 aromatic heterocycles. The van der Waals surface area contributed by atoms with Crippen LogP contribution in [0.3, 0.4) is 0 Å². The molecule has 0 spiro atoms. The number of carbonyl (C=O) groups is 1. The second kappa shape index (κ2) is 13.8. The highest BCUT2D eigenvalue weighted by Gasteiger charge is 2.38. The molecule has 4 rings (SSSR count). The lowest BCUT2D eigenvalue weighted by Crippen LogP contribution is -2.43. The van der Waals surface area contributed by atoms with Crippen LogP contribution in [0.5, 0.6) is 0 Å². The smallest absolute Gasteiger partial charge is 0.236 e. The second-order valence-electron chi connectivity index (χ2n) is 11.5. The summed E-state index contributed by atoms with van der Waals surface area (Å²) in [6.07, 6.45) is 20.0. The fourth-order valence-corrected chi connectivity index (χ4v) is 6.32. The Kier molecular flexibility index (Phi) is 10.5. The zero-order valence-electron chi connectivity index (χ0n) is 23.7. The molecular weight excluding hydrogens is 462 g/mol. The van der Waals surface area contributed by atoms with Gasteiger partial charge in [0.25, 0.3) is 0 Å². The van der Waals surface area contributed by atoms with Crippen LogP contribution < -0.4 is 0 Å². The third-order valence-corrected chi connectivity index (χ3v) is 8.59. The van der Waals surface area contributed by atoms with E-state index < -0.39 is 0 Å². The molecule has 2 saturated heterocycles. The Labute approximate surface area is 225 Å². The van der Waals surface area contributed by atoms with E-state index in [9.17, 15) is 4.79 Å². The van der Waals surface area contributed by atoms with E-state index >= 15 is 0 Å². The van der Waals surface area contributed by atoms with E-state index in [1.165, 1.54) is 12.0 Å². The van der Waals surface area contributed by atoms with Crippen molar-refractivity contribution in [3.8, 4) is 0 Å². The molecule has 0 radical (unpaired) electrons. The van der Waals surface area contributed by atoms with Crippen LogP contribution in [0.15, 0.2) is 47.3 Å². The number of amides is 1. The largest absolute Gasteiger partial charge is 0.469 e. The molecule has 206 valence electrons. The first-order chi connectivity index (χ1) is 18.0. The van der Waals surface area contributed by atoms with Crippen LogP contribution in [0.2, 0.25) is 0 Å². The molecule has 2 heterocycles. The van der Waals surface area contributed by atoms with Crippen molar-refractivity contribution in [1.82, 2.24) is 14.7 Å². The van der Waals surface area contributed by atoms with E-state index in [0.29, 0.717) is 37.1 Å². The summed E-state index contributed by atoms with van der Waals surface area (Å²) >= 11 is 0. The average molecular weight is 512 g/mol. The number of unbranched alkanes of at least 4 members (excludes halogenated alkanes) is 1. The van der Waals surface area contributed by atoms with Crippen LogP contribution in [0.25, 0.3) is 0 Å². The van der Waals surface area contributed by atoms with E-state index in [1.807, 2.05) is 0 Å². The summed E-state index contributed by atoms with van der Waals surface area (Å²) in [5.41, 5.74) is 3.02. The molecule has 2 unspecified atom stereocenters. The third-order valence-electron chi connectivity index (χ3n) is 8.59. The van der Waals surface area contributed by atoms with Gasteiger partial charge in [-0.3, -0.25) is 9.69 Å². The number of carbonyl (C=O) groups excluding carboxylic acids is 1. The van der Waals surface area contributed by atoms with Gasteiger partial charge in [-0.1, -0.05) is 55.7 Å². The molecule has 0 aromatic rings. The van der Waals surface area contributed by atoms with E-state index in [2.05, 4.69) is 73.0 Å². The van der Waals surface area contributed by atoms with Crippen LogP contribution in [0, 0.1) is 11.8 Å². The summed E-state index contributed by atoms with van der Waals surface area (Å²) in [7, 11) is 4.21. The number of hydrogen-bond acceptors (Lipinski definition) is 5. The Morgan fingerprint density at radius 3 is 2.73 bits per heavy atom. The van der Waals surface area contributed by atoms with Crippen LogP contribution in [-0.4, -0.2) is 86.4 Å². The van der Waals surface area contributed by atoms with Gasteiger partial charge in [-0.25, -0.2) is 0 Å².